The van der Waals surface area contributed by atoms with Crippen molar-refractivity contribution >= 4 is 17.5 Å². The first kappa shape index (κ1) is 16.0. The Labute approximate surface area is 136 Å². The average molecular weight is 318 g/mol. The molecule has 1 saturated heterocycles. The Morgan fingerprint density at radius 2 is 1.87 bits per heavy atom. The van der Waals surface area contributed by atoms with Crippen molar-refractivity contribution in [3.05, 3.63) is 30.1 Å². The van der Waals surface area contributed by atoms with Crippen LogP contribution in [0.15, 0.2) is 24.3 Å². The molecule has 4 nitrogen and oxygen atoms in total. The van der Waals surface area contributed by atoms with Gasteiger partial charge >= 0.3 is 0 Å². The second-order valence-corrected chi connectivity index (χ2v) is 6.71. The number of hydrogen-bond donors (Lipinski definition) is 1. The maximum atomic E-state index is 13.0. The molecule has 1 aromatic rings. The number of carbonyl (C=O) groups is 2. The molecule has 2 fully saturated rings. The lowest BCUT2D eigenvalue weighted by atomic mass is 10.0. The highest BCUT2D eigenvalue weighted by atomic mass is 19.1. The zero-order valence-corrected chi connectivity index (χ0v) is 13.3. The van der Waals surface area contributed by atoms with E-state index in [1.807, 2.05) is 0 Å². The number of anilines is 1. The number of halogens is 1. The van der Waals surface area contributed by atoms with Crippen molar-refractivity contribution in [3.8, 4) is 0 Å². The zero-order valence-electron chi connectivity index (χ0n) is 13.3. The molecule has 3 rings (SSSR count). The van der Waals surface area contributed by atoms with Gasteiger partial charge in [-0.05, 0) is 43.0 Å². The molecule has 124 valence electrons. The fourth-order valence-electron chi connectivity index (χ4n) is 3.60. The van der Waals surface area contributed by atoms with E-state index in [-0.39, 0.29) is 23.5 Å². The molecule has 1 atom stereocenters. The number of carbonyl (C=O) groups excluding carboxylic acids is 2. The van der Waals surface area contributed by atoms with Crippen molar-refractivity contribution < 1.29 is 14.0 Å². The minimum atomic E-state index is -0.309. The third kappa shape index (κ3) is 4.09. The summed E-state index contributed by atoms with van der Waals surface area (Å²) in [6, 6.07) is 5.96. The maximum Gasteiger partial charge on any atom is 0.227 e. The zero-order chi connectivity index (χ0) is 16.2. The smallest absolute Gasteiger partial charge is 0.227 e. The van der Waals surface area contributed by atoms with E-state index in [4.69, 9.17) is 0 Å². The Morgan fingerprint density at radius 3 is 2.57 bits per heavy atom. The Balaban J connectivity index is 1.47. The van der Waals surface area contributed by atoms with E-state index < -0.39 is 0 Å². The second-order valence-electron chi connectivity index (χ2n) is 6.71. The van der Waals surface area contributed by atoms with Crippen LogP contribution in [0, 0.1) is 17.7 Å². The first-order chi connectivity index (χ1) is 11.1. The number of nitrogens with one attached hydrogen (secondary N) is 1. The summed E-state index contributed by atoms with van der Waals surface area (Å²) >= 11 is 0. The lowest BCUT2D eigenvalue weighted by molar-refractivity contribution is -0.122. The van der Waals surface area contributed by atoms with Gasteiger partial charge in [-0.2, -0.15) is 0 Å². The maximum absolute atomic E-state index is 13.0. The van der Waals surface area contributed by atoms with Crippen molar-refractivity contribution in [2.45, 2.75) is 38.5 Å². The Hall–Kier alpha value is -1.91. The van der Waals surface area contributed by atoms with Crippen molar-refractivity contribution in [2.75, 3.05) is 18.0 Å². The highest BCUT2D eigenvalue weighted by Gasteiger charge is 2.31. The van der Waals surface area contributed by atoms with Crippen LogP contribution in [0.5, 0.6) is 0 Å². The van der Waals surface area contributed by atoms with Crippen LogP contribution in [0.1, 0.15) is 38.5 Å². The molecule has 0 unspecified atom stereocenters. The number of hydrogen-bond acceptors (Lipinski definition) is 2. The van der Waals surface area contributed by atoms with Crippen LogP contribution in [0.4, 0.5) is 10.1 Å². The van der Waals surface area contributed by atoms with E-state index in [1.54, 1.807) is 17.0 Å². The van der Waals surface area contributed by atoms with Gasteiger partial charge in [0.25, 0.3) is 0 Å². The molecule has 5 heteroatoms. The van der Waals surface area contributed by atoms with Crippen LogP contribution >= 0.6 is 0 Å². The van der Waals surface area contributed by atoms with Crippen LogP contribution < -0.4 is 10.2 Å². The molecule has 1 heterocycles. The van der Waals surface area contributed by atoms with Crippen molar-refractivity contribution in [1.82, 2.24) is 5.32 Å². The lowest BCUT2D eigenvalue weighted by Crippen LogP contribution is -2.32. The summed E-state index contributed by atoms with van der Waals surface area (Å²) in [4.78, 5) is 25.8. The summed E-state index contributed by atoms with van der Waals surface area (Å²) in [6.45, 7) is 1.11. The van der Waals surface area contributed by atoms with Crippen LogP contribution in [0.2, 0.25) is 0 Å². The van der Waals surface area contributed by atoms with Crippen LogP contribution in [0.25, 0.3) is 0 Å². The Morgan fingerprint density at radius 1 is 1.17 bits per heavy atom. The minimum Gasteiger partial charge on any atom is -0.356 e. The summed E-state index contributed by atoms with van der Waals surface area (Å²) in [5, 5.41) is 2.98. The first-order valence-electron chi connectivity index (χ1n) is 8.44. The van der Waals surface area contributed by atoms with E-state index in [1.165, 1.54) is 25.0 Å². The molecule has 1 aliphatic carbocycles. The Bertz CT molecular complexity index is 567. The molecular formula is C18H23FN2O2. The van der Waals surface area contributed by atoms with E-state index in [0.717, 1.165) is 18.5 Å². The summed E-state index contributed by atoms with van der Waals surface area (Å²) in [6.07, 6.45) is 5.84. The largest absolute Gasteiger partial charge is 0.356 e. The predicted molar refractivity (Wildman–Crippen MR) is 86.4 cm³/mol. The summed E-state index contributed by atoms with van der Waals surface area (Å²) in [5.41, 5.74) is 0.719. The van der Waals surface area contributed by atoms with E-state index >= 15 is 0 Å². The van der Waals surface area contributed by atoms with Gasteiger partial charge in [0, 0.05) is 37.5 Å². The summed E-state index contributed by atoms with van der Waals surface area (Å²) in [7, 11) is 0. The minimum absolute atomic E-state index is 0.0339. The van der Waals surface area contributed by atoms with Gasteiger partial charge in [-0.25, -0.2) is 4.39 Å². The second kappa shape index (κ2) is 7.11. The highest BCUT2D eigenvalue weighted by molar-refractivity contribution is 5.95. The van der Waals surface area contributed by atoms with Gasteiger partial charge < -0.3 is 10.2 Å². The van der Waals surface area contributed by atoms with Crippen LogP contribution in [-0.4, -0.2) is 24.9 Å². The van der Waals surface area contributed by atoms with E-state index in [2.05, 4.69) is 5.32 Å². The molecule has 0 aromatic heterocycles. The molecule has 1 N–H and O–H groups in total. The Kier molecular flexibility index (Phi) is 4.94. The third-order valence-electron chi connectivity index (χ3n) is 4.88. The first-order valence-corrected chi connectivity index (χ1v) is 8.44. The molecule has 1 aliphatic heterocycles. The number of nitrogens with zero attached hydrogens (tertiary/aromatic N) is 1. The lowest BCUT2D eigenvalue weighted by Gasteiger charge is -2.17. The standard InChI is InChI=1S/C18H23FN2O2/c19-15-5-7-16(8-6-15)21-12-14(10-18(21)23)11-20-17(22)9-13-3-1-2-4-13/h5-8,13-14H,1-4,9-12H2,(H,20,22)/t14-/m1/s1. The van der Waals surface area contributed by atoms with Gasteiger partial charge in [0.1, 0.15) is 5.82 Å². The van der Waals surface area contributed by atoms with Gasteiger partial charge in [-0.15, -0.1) is 0 Å². The van der Waals surface area contributed by atoms with Crippen molar-refractivity contribution in [2.24, 2.45) is 11.8 Å². The van der Waals surface area contributed by atoms with Gasteiger partial charge in [-0.1, -0.05) is 12.8 Å². The van der Waals surface area contributed by atoms with Gasteiger partial charge in [0.15, 0.2) is 0 Å². The molecule has 1 aromatic carbocycles. The summed E-state index contributed by atoms with van der Waals surface area (Å²) < 4.78 is 13.0. The molecule has 23 heavy (non-hydrogen) atoms. The highest BCUT2D eigenvalue weighted by Crippen LogP contribution is 2.28. The molecule has 2 amide bonds. The molecule has 0 spiro atoms. The summed E-state index contributed by atoms with van der Waals surface area (Å²) in [5.74, 6) is 0.489. The van der Waals surface area contributed by atoms with Gasteiger partial charge in [0.2, 0.25) is 11.8 Å². The molecule has 2 aliphatic rings. The molecule has 0 radical (unpaired) electrons. The van der Waals surface area contributed by atoms with Crippen LogP contribution in [0.3, 0.4) is 0 Å². The van der Waals surface area contributed by atoms with Crippen molar-refractivity contribution in [3.63, 3.8) is 0 Å². The average Bonchev–Trinajstić information content (AvgIpc) is 3.16. The van der Waals surface area contributed by atoms with Gasteiger partial charge in [0.05, 0.1) is 0 Å². The fourth-order valence-corrected chi connectivity index (χ4v) is 3.60. The normalized spacial score (nSPS) is 21.9. The fraction of sp³-hybridized carbons (Fsp3) is 0.556. The van der Waals surface area contributed by atoms with Gasteiger partial charge in [-0.3, -0.25) is 9.59 Å². The van der Waals surface area contributed by atoms with Crippen molar-refractivity contribution in [1.29, 1.82) is 0 Å². The molecular weight excluding hydrogens is 295 g/mol. The number of benzene rings is 1. The quantitative estimate of drug-likeness (QED) is 0.907. The number of rotatable bonds is 5. The number of amides is 2. The van der Waals surface area contributed by atoms with E-state index in [9.17, 15) is 14.0 Å². The topological polar surface area (TPSA) is 49.4 Å². The SMILES string of the molecule is O=C(CC1CCCC1)NC[C@H]1CC(=O)N(c2ccc(F)cc2)C1. The molecule has 1 saturated carbocycles. The predicted octanol–water partition coefficient (Wildman–Crippen LogP) is 2.88. The third-order valence-corrected chi connectivity index (χ3v) is 4.88. The van der Waals surface area contributed by atoms with E-state index in [0.29, 0.717) is 31.8 Å². The van der Waals surface area contributed by atoms with Crippen LogP contribution in [-0.2, 0) is 9.59 Å². The monoisotopic (exact) mass is 318 g/mol. The molecule has 0 bridgehead atoms.